The lowest BCUT2D eigenvalue weighted by molar-refractivity contribution is -0.136. The van der Waals surface area contributed by atoms with Crippen molar-refractivity contribution in [3.63, 3.8) is 0 Å². The third kappa shape index (κ3) is 3.47. The fourth-order valence-electron chi connectivity index (χ4n) is 2.42. The van der Waals surface area contributed by atoms with Crippen LogP contribution in [-0.4, -0.2) is 93.9 Å². The fourth-order valence-corrected chi connectivity index (χ4v) is 4.02. The Bertz CT molecular complexity index is 428. The summed E-state index contributed by atoms with van der Waals surface area (Å²) in [6.07, 6.45) is 0. The summed E-state index contributed by atoms with van der Waals surface area (Å²) >= 11 is 0. The lowest BCUT2D eigenvalue weighted by Crippen LogP contribution is -2.57. The van der Waals surface area contributed by atoms with Crippen molar-refractivity contribution >= 4 is 16.1 Å². The van der Waals surface area contributed by atoms with E-state index in [1.807, 2.05) is 0 Å². The summed E-state index contributed by atoms with van der Waals surface area (Å²) < 4.78 is 32.7. The van der Waals surface area contributed by atoms with E-state index < -0.39 is 10.2 Å². The molecular weight excluding hydrogens is 284 g/mol. The smallest absolute Gasteiger partial charge is 0.282 e. The monoisotopic (exact) mass is 306 g/mol. The van der Waals surface area contributed by atoms with E-state index in [4.69, 9.17) is 4.74 Å². The first-order valence-electron chi connectivity index (χ1n) is 6.78. The Morgan fingerprint density at radius 3 is 2.15 bits per heavy atom. The van der Waals surface area contributed by atoms with Crippen LogP contribution in [0, 0.1) is 0 Å². The molecule has 9 heteroatoms. The number of hydrogen-bond acceptors (Lipinski definition) is 5. The lowest BCUT2D eigenvalue weighted by Gasteiger charge is -2.37. The molecule has 0 radical (unpaired) electrons. The lowest BCUT2D eigenvalue weighted by atomic mass is 10.3. The van der Waals surface area contributed by atoms with Gasteiger partial charge in [-0.3, -0.25) is 4.79 Å². The Morgan fingerprint density at radius 2 is 1.60 bits per heavy atom. The highest BCUT2D eigenvalue weighted by atomic mass is 32.2. The Morgan fingerprint density at radius 1 is 1.05 bits per heavy atom. The van der Waals surface area contributed by atoms with Crippen LogP contribution in [0.5, 0.6) is 0 Å². The number of rotatable bonds is 4. The molecule has 0 spiro atoms. The first-order chi connectivity index (χ1) is 9.55. The average molecular weight is 306 g/mol. The van der Waals surface area contributed by atoms with Crippen LogP contribution in [0.1, 0.15) is 0 Å². The summed E-state index contributed by atoms with van der Waals surface area (Å²) in [6, 6.07) is 0. The number of nitrogens with one attached hydrogen (secondary N) is 1. The van der Waals surface area contributed by atoms with Crippen molar-refractivity contribution in [2.24, 2.45) is 0 Å². The maximum atomic E-state index is 12.4. The molecule has 2 aliphatic rings. The maximum absolute atomic E-state index is 12.4. The third-order valence-corrected chi connectivity index (χ3v) is 5.62. The molecule has 0 aromatic heterocycles. The maximum Gasteiger partial charge on any atom is 0.282 e. The van der Waals surface area contributed by atoms with Gasteiger partial charge in [-0.15, -0.1) is 0 Å². The molecule has 2 fully saturated rings. The van der Waals surface area contributed by atoms with E-state index in [2.05, 4.69) is 5.32 Å². The Balaban J connectivity index is 1.90. The minimum atomic E-state index is -3.39. The molecule has 2 heterocycles. The molecular formula is C11H22N4O4S. The van der Waals surface area contributed by atoms with Crippen LogP contribution in [0.25, 0.3) is 0 Å². The molecule has 0 aromatic carbocycles. The zero-order chi connectivity index (χ0) is 14.6. The van der Waals surface area contributed by atoms with E-state index >= 15 is 0 Å². The predicted octanol–water partition coefficient (Wildman–Crippen LogP) is -2.07. The quantitative estimate of drug-likeness (QED) is 0.645. The fraction of sp³-hybridized carbons (Fsp3) is 0.909. The molecule has 20 heavy (non-hydrogen) atoms. The third-order valence-electron chi connectivity index (χ3n) is 3.59. The Hall–Kier alpha value is -0.740. The normalized spacial score (nSPS) is 22.9. The molecule has 116 valence electrons. The van der Waals surface area contributed by atoms with Gasteiger partial charge in [0.1, 0.15) is 6.61 Å². The Labute approximate surface area is 119 Å². The number of carbonyl (C=O) groups excluding carboxylic acids is 1. The number of carbonyl (C=O) groups is 1. The second kappa shape index (κ2) is 6.81. The van der Waals surface area contributed by atoms with Gasteiger partial charge in [-0.2, -0.15) is 17.0 Å². The molecule has 0 aliphatic carbocycles. The highest BCUT2D eigenvalue weighted by Gasteiger charge is 2.33. The summed E-state index contributed by atoms with van der Waals surface area (Å²) in [7, 11) is -1.91. The number of hydrogen-bond donors (Lipinski definition) is 1. The zero-order valence-corrected chi connectivity index (χ0v) is 12.6. The molecule has 1 N–H and O–H groups in total. The first kappa shape index (κ1) is 15.6. The van der Waals surface area contributed by atoms with Crippen LogP contribution in [0.3, 0.4) is 0 Å². The molecule has 0 saturated carbocycles. The van der Waals surface area contributed by atoms with Crippen LogP contribution >= 0.6 is 0 Å². The number of ether oxygens (including phenoxy) is 1. The molecule has 1 amide bonds. The van der Waals surface area contributed by atoms with Gasteiger partial charge in [0.25, 0.3) is 10.2 Å². The topological polar surface area (TPSA) is 82.2 Å². The molecule has 2 aliphatic heterocycles. The average Bonchev–Trinajstić information content (AvgIpc) is 2.48. The summed E-state index contributed by atoms with van der Waals surface area (Å²) in [5.74, 6) is -0.0910. The zero-order valence-electron chi connectivity index (χ0n) is 11.7. The number of nitrogens with zero attached hydrogens (tertiary/aromatic N) is 3. The molecule has 8 nitrogen and oxygen atoms in total. The summed E-state index contributed by atoms with van der Waals surface area (Å²) in [4.78, 5) is 13.3. The second-order valence-corrected chi connectivity index (χ2v) is 6.80. The van der Waals surface area contributed by atoms with Gasteiger partial charge in [0, 0.05) is 59.5 Å². The van der Waals surface area contributed by atoms with Gasteiger partial charge in [-0.1, -0.05) is 0 Å². The molecule has 0 bridgehead atoms. The number of methoxy groups -OCH3 is 1. The van der Waals surface area contributed by atoms with E-state index in [0.29, 0.717) is 52.4 Å². The standard InChI is InChI=1S/C11H22N4O4S/c1-19-10-11(16)13-6-8-15(9-7-13)20(17,18)14-4-2-12-3-5-14/h12H,2-10H2,1H3. The minimum Gasteiger partial charge on any atom is -0.375 e. The molecule has 0 aromatic rings. The number of piperazine rings is 2. The van der Waals surface area contributed by atoms with Gasteiger partial charge in [-0.25, -0.2) is 0 Å². The van der Waals surface area contributed by atoms with Gasteiger partial charge in [-0.05, 0) is 0 Å². The van der Waals surface area contributed by atoms with Crippen molar-refractivity contribution in [1.29, 1.82) is 0 Å². The molecule has 2 saturated heterocycles. The predicted molar refractivity (Wildman–Crippen MR) is 73.4 cm³/mol. The van der Waals surface area contributed by atoms with Gasteiger partial charge in [0.2, 0.25) is 5.91 Å². The summed E-state index contributed by atoms with van der Waals surface area (Å²) in [5.41, 5.74) is 0. The van der Waals surface area contributed by atoms with E-state index in [1.54, 1.807) is 4.90 Å². The molecule has 2 rings (SSSR count). The molecule has 0 atom stereocenters. The van der Waals surface area contributed by atoms with Gasteiger partial charge in [0.15, 0.2) is 0 Å². The van der Waals surface area contributed by atoms with E-state index in [-0.39, 0.29) is 12.5 Å². The van der Waals surface area contributed by atoms with Crippen molar-refractivity contribution in [1.82, 2.24) is 18.8 Å². The second-order valence-electron chi connectivity index (χ2n) is 4.87. The van der Waals surface area contributed by atoms with E-state index in [1.165, 1.54) is 15.7 Å². The first-order valence-corrected chi connectivity index (χ1v) is 8.18. The van der Waals surface area contributed by atoms with Crippen molar-refractivity contribution in [2.75, 3.05) is 66.1 Å². The van der Waals surface area contributed by atoms with Crippen LogP contribution < -0.4 is 5.32 Å². The van der Waals surface area contributed by atoms with Crippen LogP contribution in [0.15, 0.2) is 0 Å². The SMILES string of the molecule is COCC(=O)N1CCN(S(=O)(=O)N2CCNCC2)CC1. The van der Waals surface area contributed by atoms with Crippen LogP contribution in [0.4, 0.5) is 0 Å². The number of amides is 1. The molecule has 0 unspecified atom stereocenters. The highest BCUT2D eigenvalue weighted by Crippen LogP contribution is 2.13. The van der Waals surface area contributed by atoms with E-state index in [9.17, 15) is 13.2 Å². The summed E-state index contributed by atoms with van der Waals surface area (Å²) in [6.45, 7) is 3.97. The highest BCUT2D eigenvalue weighted by molar-refractivity contribution is 7.86. The van der Waals surface area contributed by atoms with Crippen molar-refractivity contribution < 1.29 is 17.9 Å². The Kier molecular flexibility index (Phi) is 5.33. The van der Waals surface area contributed by atoms with Gasteiger partial charge >= 0.3 is 0 Å². The largest absolute Gasteiger partial charge is 0.375 e. The minimum absolute atomic E-state index is 0.0462. The van der Waals surface area contributed by atoms with Crippen molar-refractivity contribution in [3.8, 4) is 0 Å². The van der Waals surface area contributed by atoms with Crippen molar-refractivity contribution in [3.05, 3.63) is 0 Å². The van der Waals surface area contributed by atoms with Crippen molar-refractivity contribution in [2.45, 2.75) is 0 Å². The van der Waals surface area contributed by atoms with Crippen LogP contribution in [-0.2, 0) is 19.7 Å². The van der Waals surface area contributed by atoms with E-state index in [0.717, 1.165) is 0 Å². The van der Waals surface area contributed by atoms with Gasteiger partial charge in [0.05, 0.1) is 0 Å². The summed E-state index contributed by atoms with van der Waals surface area (Å²) in [5, 5.41) is 3.13. The van der Waals surface area contributed by atoms with Gasteiger partial charge < -0.3 is 15.0 Å². The van der Waals surface area contributed by atoms with Crippen LogP contribution in [0.2, 0.25) is 0 Å².